The third kappa shape index (κ3) is 4.32. The fourth-order valence-corrected chi connectivity index (χ4v) is 2.67. The van der Waals surface area contributed by atoms with E-state index >= 15 is 0 Å². The number of benzene rings is 2. The second-order valence-electron chi connectivity index (χ2n) is 6.86. The zero-order valence-electron chi connectivity index (χ0n) is 14.2. The van der Waals surface area contributed by atoms with Crippen LogP contribution >= 0.6 is 0 Å². The fraction of sp³-hybridized carbons (Fsp3) is 0.368. The van der Waals surface area contributed by atoms with Gasteiger partial charge in [0, 0.05) is 6.04 Å². The topological polar surface area (TPSA) is 89.6 Å². The maximum Gasteiger partial charge on any atom is 0.322 e. The van der Waals surface area contributed by atoms with E-state index in [2.05, 4.69) is 0 Å². The first-order valence-electron chi connectivity index (χ1n) is 7.87. The highest BCUT2D eigenvalue weighted by Crippen LogP contribution is 2.22. The van der Waals surface area contributed by atoms with Gasteiger partial charge in [0.1, 0.15) is 5.60 Å². The molecular formula is C19H23NO4. The first-order chi connectivity index (χ1) is 11.2. The van der Waals surface area contributed by atoms with Crippen LogP contribution in [0.1, 0.15) is 26.3 Å². The second kappa shape index (κ2) is 7.01. The van der Waals surface area contributed by atoms with Gasteiger partial charge in [-0.05, 0) is 43.5 Å². The molecule has 24 heavy (non-hydrogen) atoms. The van der Waals surface area contributed by atoms with Gasteiger partial charge in [0.05, 0.1) is 0 Å². The molecule has 2 aromatic carbocycles. The van der Waals surface area contributed by atoms with E-state index in [-0.39, 0.29) is 6.42 Å². The first-order valence-corrected chi connectivity index (χ1v) is 7.87. The summed E-state index contributed by atoms with van der Waals surface area (Å²) in [5.41, 5.74) is 6.23. The standard InChI is InChI=1S/C19H23NO4/c1-19(2,3)24-18(23)16(17(21)22)15(20)11-13-9-6-8-12-7-4-5-10-14(12)13/h4-10,15-16H,11,20H2,1-3H3,(H,21,22)/t15-,16+/m0/s1. The van der Waals surface area contributed by atoms with Crippen LogP contribution in [-0.2, 0) is 20.7 Å². The van der Waals surface area contributed by atoms with Crippen LogP contribution in [0.4, 0.5) is 0 Å². The zero-order chi connectivity index (χ0) is 17.9. The van der Waals surface area contributed by atoms with Gasteiger partial charge in [-0.25, -0.2) is 0 Å². The number of ether oxygens (including phenoxy) is 1. The van der Waals surface area contributed by atoms with Crippen molar-refractivity contribution in [3.05, 3.63) is 48.0 Å². The Bertz CT molecular complexity index is 743. The molecule has 0 radical (unpaired) electrons. The zero-order valence-corrected chi connectivity index (χ0v) is 14.2. The molecule has 0 spiro atoms. The molecule has 0 aliphatic carbocycles. The van der Waals surface area contributed by atoms with Crippen molar-refractivity contribution in [2.45, 2.75) is 38.8 Å². The summed E-state index contributed by atoms with van der Waals surface area (Å²) in [6.45, 7) is 5.08. The van der Waals surface area contributed by atoms with Crippen LogP contribution in [-0.4, -0.2) is 28.7 Å². The largest absolute Gasteiger partial charge is 0.481 e. The van der Waals surface area contributed by atoms with Crippen LogP contribution in [0.25, 0.3) is 10.8 Å². The smallest absolute Gasteiger partial charge is 0.322 e. The Morgan fingerprint density at radius 3 is 2.38 bits per heavy atom. The van der Waals surface area contributed by atoms with Crippen LogP contribution in [0.2, 0.25) is 0 Å². The minimum absolute atomic E-state index is 0.275. The van der Waals surface area contributed by atoms with E-state index < -0.39 is 29.5 Å². The number of nitrogens with two attached hydrogens (primary N) is 1. The highest BCUT2D eigenvalue weighted by atomic mass is 16.6. The van der Waals surface area contributed by atoms with Gasteiger partial charge in [0.25, 0.3) is 0 Å². The number of aliphatic carboxylic acids is 1. The van der Waals surface area contributed by atoms with Crippen LogP contribution in [0.3, 0.4) is 0 Å². The van der Waals surface area contributed by atoms with Crippen molar-refractivity contribution in [2.24, 2.45) is 11.7 Å². The molecule has 128 valence electrons. The van der Waals surface area contributed by atoms with Gasteiger partial charge >= 0.3 is 11.9 Å². The molecule has 0 aromatic heterocycles. The molecule has 2 atom stereocenters. The molecule has 0 aliphatic heterocycles. The minimum atomic E-state index is -1.40. The van der Waals surface area contributed by atoms with Crippen LogP contribution in [0.15, 0.2) is 42.5 Å². The molecule has 2 aromatic rings. The SMILES string of the molecule is CC(C)(C)OC(=O)[C@@H](C(=O)O)[C@@H](N)Cc1cccc2ccccc12. The molecule has 0 heterocycles. The Kier molecular flexibility index (Phi) is 5.24. The van der Waals surface area contributed by atoms with Gasteiger partial charge < -0.3 is 15.6 Å². The molecule has 0 bridgehead atoms. The summed E-state index contributed by atoms with van der Waals surface area (Å²) in [6.07, 6.45) is 0.275. The van der Waals surface area contributed by atoms with Crippen molar-refractivity contribution in [1.29, 1.82) is 0 Å². The summed E-state index contributed by atoms with van der Waals surface area (Å²) in [4.78, 5) is 23.8. The number of carbonyl (C=O) groups excluding carboxylic acids is 1. The van der Waals surface area contributed by atoms with Crippen molar-refractivity contribution >= 4 is 22.7 Å². The van der Waals surface area contributed by atoms with Crippen LogP contribution < -0.4 is 5.73 Å². The molecule has 2 rings (SSSR count). The normalized spacial score (nSPS) is 14.2. The monoisotopic (exact) mass is 329 g/mol. The van der Waals surface area contributed by atoms with Gasteiger partial charge in [-0.2, -0.15) is 0 Å². The molecule has 5 heteroatoms. The molecule has 0 saturated carbocycles. The van der Waals surface area contributed by atoms with Crippen LogP contribution in [0, 0.1) is 5.92 Å². The summed E-state index contributed by atoms with van der Waals surface area (Å²) in [5.74, 6) is -3.47. The summed E-state index contributed by atoms with van der Waals surface area (Å²) >= 11 is 0. The quantitative estimate of drug-likeness (QED) is 0.650. The Balaban J connectivity index is 2.26. The van der Waals surface area contributed by atoms with E-state index in [1.807, 2.05) is 42.5 Å². The summed E-state index contributed by atoms with van der Waals surface area (Å²) in [7, 11) is 0. The lowest BCUT2D eigenvalue weighted by Crippen LogP contribution is -2.45. The molecule has 0 unspecified atom stereocenters. The van der Waals surface area contributed by atoms with Gasteiger partial charge in [0.15, 0.2) is 5.92 Å². The van der Waals surface area contributed by atoms with Gasteiger partial charge in [-0.15, -0.1) is 0 Å². The molecule has 3 N–H and O–H groups in total. The fourth-order valence-electron chi connectivity index (χ4n) is 2.67. The van der Waals surface area contributed by atoms with E-state index in [4.69, 9.17) is 10.5 Å². The maximum atomic E-state index is 12.2. The lowest BCUT2D eigenvalue weighted by molar-refractivity contribution is -0.167. The second-order valence-corrected chi connectivity index (χ2v) is 6.86. The van der Waals surface area contributed by atoms with Crippen molar-refractivity contribution in [3.8, 4) is 0 Å². The predicted molar refractivity (Wildman–Crippen MR) is 92.6 cm³/mol. The molecule has 0 amide bonds. The average Bonchev–Trinajstić information content (AvgIpc) is 2.45. The van der Waals surface area contributed by atoms with Crippen molar-refractivity contribution in [1.82, 2.24) is 0 Å². The number of rotatable bonds is 5. The van der Waals surface area contributed by atoms with Crippen LogP contribution in [0.5, 0.6) is 0 Å². The summed E-state index contributed by atoms with van der Waals surface area (Å²) in [5, 5.41) is 11.5. The van der Waals surface area contributed by atoms with E-state index in [1.165, 1.54) is 0 Å². The van der Waals surface area contributed by atoms with Crippen molar-refractivity contribution < 1.29 is 19.4 Å². The predicted octanol–water partition coefficient (Wildman–Crippen LogP) is 2.75. The van der Waals surface area contributed by atoms with E-state index in [9.17, 15) is 14.7 Å². The molecule has 0 fully saturated rings. The third-order valence-corrected chi connectivity index (χ3v) is 3.69. The Morgan fingerprint density at radius 2 is 1.75 bits per heavy atom. The van der Waals surface area contributed by atoms with E-state index in [0.29, 0.717) is 0 Å². The molecule has 0 saturated heterocycles. The Labute approximate surface area is 141 Å². The van der Waals surface area contributed by atoms with E-state index in [0.717, 1.165) is 16.3 Å². The van der Waals surface area contributed by atoms with Crippen molar-refractivity contribution in [2.75, 3.05) is 0 Å². The van der Waals surface area contributed by atoms with Crippen molar-refractivity contribution in [3.63, 3.8) is 0 Å². The number of fused-ring (bicyclic) bond motifs is 1. The molecular weight excluding hydrogens is 306 g/mol. The number of hydrogen-bond acceptors (Lipinski definition) is 4. The summed E-state index contributed by atoms with van der Waals surface area (Å²) in [6, 6.07) is 12.7. The lowest BCUT2D eigenvalue weighted by Gasteiger charge is -2.25. The highest BCUT2D eigenvalue weighted by molar-refractivity contribution is 5.95. The molecule has 0 aliphatic rings. The van der Waals surface area contributed by atoms with Gasteiger partial charge in [0.2, 0.25) is 0 Å². The van der Waals surface area contributed by atoms with E-state index in [1.54, 1.807) is 20.8 Å². The third-order valence-electron chi connectivity index (χ3n) is 3.69. The number of carboxylic acid groups (broad SMARTS) is 1. The van der Waals surface area contributed by atoms with Gasteiger partial charge in [-0.3, -0.25) is 9.59 Å². The first kappa shape index (κ1) is 17.9. The highest BCUT2D eigenvalue weighted by Gasteiger charge is 2.36. The number of carbonyl (C=O) groups is 2. The number of esters is 1. The number of hydrogen-bond donors (Lipinski definition) is 2. The molecule has 5 nitrogen and oxygen atoms in total. The lowest BCUT2D eigenvalue weighted by atomic mass is 9.91. The van der Waals surface area contributed by atoms with Gasteiger partial charge in [-0.1, -0.05) is 42.5 Å². The average molecular weight is 329 g/mol. The Hall–Kier alpha value is -2.40. The summed E-state index contributed by atoms with van der Waals surface area (Å²) < 4.78 is 5.21. The maximum absolute atomic E-state index is 12.2. The Morgan fingerprint density at radius 1 is 1.12 bits per heavy atom. The minimum Gasteiger partial charge on any atom is -0.481 e. The number of carboxylic acids is 1.